The lowest BCUT2D eigenvalue weighted by Gasteiger charge is -2.03. The van der Waals surface area contributed by atoms with E-state index in [9.17, 15) is 4.79 Å². The molecule has 1 aromatic carbocycles. The van der Waals surface area contributed by atoms with Gasteiger partial charge in [-0.25, -0.2) is 9.78 Å². The fourth-order valence-electron chi connectivity index (χ4n) is 1.37. The summed E-state index contributed by atoms with van der Waals surface area (Å²) in [4.78, 5) is 15.5. The molecule has 0 N–H and O–H groups in total. The second kappa shape index (κ2) is 4.82. The molecule has 2 rings (SSSR count). The number of para-hydroxylation sites is 2. The van der Waals surface area contributed by atoms with E-state index >= 15 is 0 Å². The standard InChI is InChI=1S/C13H13NO3/c1-9(2)16-13(15)8-7-12-14-10-5-3-4-6-11(10)17-12/h3-9H,1-2H3. The number of hydrogen-bond donors (Lipinski definition) is 0. The van der Waals surface area contributed by atoms with E-state index in [-0.39, 0.29) is 6.10 Å². The monoisotopic (exact) mass is 231 g/mol. The molecule has 17 heavy (non-hydrogen) atoms. The molecule has 1 heterocycles. The number of esters is 1. The van der Waals surface area contributed by atoms with Gasteiger partial charge in [-0.2, -0.15) is 0 Å². The van der Waals surface area contributed by atoms with Crippen molar-refractivity contribution in [2.75, 3.05) is 0 Å². The molecule has 0 aliphatic heterocycles. The number of nitrogens with zero attached hydrogens (tertiary/aromatic N) is 1. The minimum Gasteiger partial charge on any atom is -0.460 e. The van der Waals surface area contributed by atoms with Crippen molar-refractivity contribution in [2.24, 2.45) is 0 Å². The first-order valence-corrected chi connectivity index (χ1v) is 5.39. The molecule has 0 aliphatic rings. The zero-order valence-electron chi connectivity index (χ0n) is 9.71. The van der Waals surface area contributed by atoms with Gasteiger partial charge in [-0.15, -0.1) is 0 Å². The SMILES string of the molecule is CC(C)OC(=O)C=Cc1nc2ccccc2o1. The number of carbonyl (C=O) groups is 1. The number of ether oxygens (including phenoxy) is 1. The van der Waals surface area contributed by atoms with Crippen molar-refractivity contribution in [1.29, 1.82) is 0 Å². The Labute approximate surface area is 98.9 Å². The minimum absolute atomic E-state index is 0.129. The van der Waals surface area contributed by atoms with Gasteiger partial charge in [0, 0.05) is 12.2 Å². The predicted octanol–water partition coefficient (Wildman–Crippen LogP) is 2.79. The third-order valence-corrected chi connectivity index (χ3v) is 2.02. The topological polar surface area (TPSA) is 52.3 Å². The molecule has 0 bridgehead atoms. The average molecular weight is 231 g/mol. The lowest BCUT2D eigenvalue weighted by Crippen LogP contribution is -2.08. The van der Waals surface area contributed by atoms with Crippen LogP contribution in [-0.4, -0.2) is 17.1 Å². The summed E-state index contributed by atoms with van der Waals surface area (Å²) in [5.74, 6) is -0.00541. The summed E-state index contributed by atoms with van der Waals surface area (Å²) in [6, 6.07) is 7.42. The van der Waals surface area contributed by atoms with Crippen molar-refractivity contribution >= 4 is 23.1 Å². The Balaban J connectivity index is 2.13. The van der Waals surface area contributed by atoms with Gasteiger partial charge in [0.2, 0.25) is 5.89 Å². The van der Waals surface area contributed by atoms with Gasteiger partial charge in [-0.1, -0.05) is 12.1 Å². The van der Waals surface area contributed by atoms with Gasteiger partial charge in [-0.3, -0.25) is 0 Å². The van der Waals surface area contributed by atoms with Gasteiger partial charge in [0.15, 0.2) is 5.58 Å². The van der Waals surface area contributed by atoms with Crippen LogP contribution in [0, 0.1) is 0 Å². The van der Waals surface area contributed by atoms with Crippen molar-refractivity contribution in [2.45, 2.75) is 20.0 Å². The molecule has 1 aromatic heterocycles. The fraction of sp³-hybridized carbons (Fsp3) is 0.231. The second-order valence-electron chi connectivity index (χ2n) is 3.84. The Morgan fingerprint density at radius 3 is 2.88 bits per heavy atom. The summed E-state index contributed by atoms with van der Waals surface area (Å²) in [5, 5.41) is 0. The summed E-state index contributed by atoms with van der Waals surface area (Å²) in [7, 11) is 0. The molecule has 0 fully saturated rings. The quantitative estimate of drug-likeness (QED) is 0.602. The van der Waals surface area contributed by atoms with E-state index in [0.717, 1.165) is 5.52 Å². The molecule has 2 aromatic rings. The van der Waals surface area contributed by atoms with Crippen LogP contribution in [0.1, 0.15) is 19.7 Å². The molecule has 4 nitrogen and oxygen atoms in total. The Bertz CT molecular complexity index is 522. The Morgan fingerprint density at radius 1 is 1.41 bits per heavy atom. The van der Waals surface area contributed by atoms with Crippen LogP contribution in [-0.2, 0) is 9.53 Å². The lowest BCUT2D eigenvalue weighted by molar-refractivity contribution is -0.141. The number of fused-ring (bicyclic) bond motifs is 1. The first-order chi connectivity index (χ1) is 8.15. The van der Waals surface area contributed by atoms with Crippen molar-refractivity contribution < 1.29 is 13.9 Å². The molecule has 4 heteroatoms. The maximum atomic E-state index is 11.3. The molecule has 0 amide bonds. The van der Waals surface area contributed by atoms with Gasteiger partial charge in [0.1, 0.15) is 5.52 Å². The van der Waals surface area contributed by atoms with Gasteiger partial charge in [0.05, 0.1) is 6.10 Å². The Hall–Kier alpha value is -2.10. The van der Waals surface area contributed by atoms with Gasteiger partial charge < -0.3 is 9.15 Å². The molecular formula is C13H13NO3. The maximum absolute atomic E-state index is 11.3. The first-order valence-electron chi connectivity index (χ1n) is 5.39. The molecule has 0 radical (unpaired) electrons. The number of aromatic nitrogens is 1. The third-order valence-electron chi connectivity index (χ3n) is 2.02. The molecule has 0 saturated carbocycles. The molecule has 0 atom stereocenters. The van der Waals surface area contributed by atoms with Crippen molar-refractivity contribution in [3.8, 4) is 0 Å². The van der Waals surface area contributed by atoms with Crippen molar-refractivity contribution in [3.05, 3.63) is 36.2 Å². The van der Waals surface area contributed by atoms with E-state index < -0.39 is 5.97 Å². The van der Waals surface area contributed by atoms with Crippen molar-refractivity contribution in [3.63, 3.8) is 0 Å². The van der Waals surface area contributed by atoms with Crippen LogP contribution in [0.4, 0.5) is 0 Å². The number of oxazole rings is 1. The van der Waals surface area contributed by atoms with Crippen molar-refractivity contribution in [1.82, 2.24) is 4.98 Å². The summed E-state index contributed by atoms with van der Waals surface area (Å²) in [5.41, 5.74) is 1.47. The van der Waals surface area contributed by atoms with Crippen LogP contribution in [0.5, 0.6) is 0 Å². The highest BCUT2D eigenvalue weighted by molar-refractivity contribution is 5.87. The predicted molar refractivity (Wildman–Crippen MR) is 64.3 cm³/mol. The van der Waals surface area contributed by atoms with Crippen LogP contribution >= 0.6 is 0 Å². The van der Waals surface area contributed by atoms with E-state index in [4.69, 9.17) is 9.15 Å². The lowest BCUT2D eigenvalue weighted by atomic mass is 10.3. The number of carbonyl (C=O) groups excluding carboxylic acids is 1. The highest BCUT2D eigenvalue weighted by Gasteiger charge is 2.03. The second-order valence-corrected chi connectivity index (χ2v) is 3.84. The number of rotatable bonds is 3. The number of hydrogen-bond acceptors (Lipinski definition) is 4. The largest absolute Gasteiger partial charge is 0.460 e. The number of benzene rings is 1. The average Bonchev–Trinajstić information content (AvgIpc) is 2.68. The third kappa shape index (κ3) is 2.93. The summed E-state index contributed by atoms with van der Waals surface area (Å²) < 4.78 is 10.4. The first kappa shape index (κ1) is 11.4. The van der Waals surface area contributed by atoms with E-state index in [2.05, 4.69) is 4.98 Å². The summed E-state index contributed by atoms with van der Waals surface area (Å²) in [6.07, 6.45) is 2.69. The van der Waals surface area contributed by atoms with E-state index in [1.54, 1.807) is 13.8 Å². The Morgan fingerprint density at radius 2 is 2.18 bits per heavy atom. The van der Waals surface area contributed by atoms with E-state index in [0.29, 0.717) is 11.5 Å². The summed E-state index contributed by atoms with van der Waals surface area (Å²) >= 11 is 0. The zero-order chi connectivity index (χ0) is 12.3. The van der Waals surface area contributed by atoms with Gasteiger partial charge >= 0.3 is 5.97 Å². The molecule has 0 saturated heterocycles. The zero-order valence-corrected chi connectivity index (χ0v) is 9.71. The van der Waals surface area contributed by atoms with Gasteiger partial charge in [-0.05, 0) is 26.0 Å². The molecule has 0 aliphatic carbocycles. The highest BCUT2D eigenvalue weighted by Crippen LogP contribution is 2.15. The minimum atomic E-state index is -0.401. The molecule has 0 spiro atoms. The van der Waals surface area contributed by atoms with Crippen LogP contribution < -0.4 is 0 Å². The van der Waals surface area contributed by atoms with Crippen LogP contribution in [0.2, 0.25) is 0 Å². The highest BCUT2D eigenvalue weighted by atomic mass is 16.5. The smallest absolute Gasteiger partial charge is 0.331 e. The van der Waals surface area contributed by atoms with E-state index in [1.807, 2.05) is 24.3 Å². The van der Waals surface area contributed by atoms with Crippen LogP contribution in [0.25, 0.3) is 17.2 Å². The van der Waals surface area contributed by atoms with Crippen LogP contribution in [0.15, 0.2) is 34.8 Å². The van der Waals surface area contributed by atoms with Gasteiger partial charge in [0.25, 0.3) is 0 Å². The normalized spacial score (nSPS) is 11.5. The molecular weight excluding hydrogens is 218 g/mol. The molecule has 0 unspecified atom stereocenters. The fourth-order valence-corrected chi connectivity index (χ4v) is 1.37. The maximum Gasteiger partial charge on any atom is 0.331 e. The summed E-state index contributed by atoms with van der Waals surface area (Å²) in [6.45, 7) is 3.59. The van der Waals surface area contributed by atoms with E-state index in [1.165, 1.54) is 12.2 Å². The Kier molecular flexibility index (Phi) is 3.23. The van der Waals surface area contributed by atoms with Crippen LogP contribution in [0.3, 0.4) is 0 Å². The molecule has 88 valence electrons.